The van der Waals surface area contributed by atoms with Gasteiger partial charge in [-0.1, -0.05) is 30.3 Å². The summed E-state index contributed by atoms with van der Waals surface area (Å²) < 4.78 is 12.1. The zero-order chi connectivity index (χ0) is 20.3. The molecule has 0 bridgehead atoms. The van der Waals surface area contributed by atoms with Crippen molar-refractivity contribution in [2.75, 3.05) is 7.11 Å². The van der Waals surface area contributed by atoms with Crippen molar-refractivity contribution in [3.63, 3.8) is 0 Å². The fourth-order valence-electron chi connectivity index (χ4n) is 3.19. The molecule has 1 unspecified atom stereocenters. The highest BCUT2D eigenvalue weighted by Gasteiger charge is 2.30. The predicted molar refractivity (Wildman–Crippen MR) is 109 cm³/mol. The van der Waals surface area contributed by atoms with Crippen molar-refractivity contribution in [1.82, 2.24) is 10.6 Å². The number of ketones is 1. The van der Waals surface area contributed by atoms with Gasteiger partial charge in [0.2, 0.25) is 0 Å². The maximum Gasteiger partial charge on any atom is 0.319 e. The van der Waals surface area contributed by atoms with Crippen molar-refractivity contribution >= 4 is 27.7 Å². The number of carbonyl (C=O) groups is 2. The van der Waals surface area contributed by atoms with Gasteiger partial charge in [-0.05, 0) is 53.0 Å². The average molecular weight is 445 g/mol. The maximum absolute atomic E-state index is 12.1. The number of nitrogens with one attached hydrogen (secondary N) is 2. The number of amides is 2. The van der Waals surface area contributed by atoms with Crippen LogP contribution < -0.4 is 20.1 Å². The Hall–Kier alpha value is -2.80. The SMILES string of the molecule is COc1cc(C2NC(=O)NC(C)=C2C(C)=O)cc(Br)c1OCc1ccccc1. The molecule has 0 fully saturated rings. The summed E-state index contributed by atoms with van der Waals surface area (Å²) >= 11 is 3.53. The Morgan fingerprint density at radius 2 is 1.93 bits per heavy atom. The third-order valence-corrected chi connectivity index (χ3v) is 5.05. The van der Waals surface area contributed by atoms with Crippen LogP contribution in [0.5, 0.6) is 11.5 Å². The molecule has 146 valence electrons. The highest BCUT2D eigenvalue weighted by Crippen LogP contribution is 2.40. The number of hydrogen-bond acceptors (Lipinski definition) is 4. The smallest absolute Gasteiger partial charge is 0.319 e. The largest absolute Gasteiger partial charge is 0.493 e. The van der Waals surface area contributed by atoms with Crippen LogP contribution in [0.2, 0.25) is 0 Å². The molecule has 0 aromatic heterocycles. The first-order valence-electron chi connectivity index (χ1n) is 8.74. The van der Waals surface area contributed by atoms with Gasteiger partial charge >= 0.3 is 6.03 Å². The molecule has 1 atom stereocenters. The molecule has 2 N–H and O–H groups in total. The van der Waals surface area contributed by atoms with Gasteiger partial charge < -0.3 is 20.1 Å². The Balaban J connectivity index is 1.95. The molecule has 1 aliphatic heterocycles. The molecule has 2 aromatic rings. The second-order valence-electron chi connectivity index (χ2n) is 6.43. The molecule has 0 radical (unpaired) electrons. The normalized spacial score (nSPS) is 16.3. The summed E-state index contributed by atoms with van der Waals surface area (Å²) in [6.07, 6.45) is 0. The number of hydrogen-bond donors (Lipinski definition) is 2. The number of benzene rings is 2. The zero-order valence-corrected chi connectivity index (χ0v) is 17.4. The van der Waals surface area contributed by atoms with E-state index in [0.29, 0.717) is 33.8 Å². The van der Waals surface area contributed by atoms with E-state index >= 15 is 0 Å². The molecule has 0 aliphatic carbocycles. The Labute approximate surface area is 172 Å². The number of halogens is 1. The monoisotopic (exact) mass is 444 g/mol. The lowest BCUT2D eigenvalue weighted by Gasteiger charge is -2.28. The summed E-state index contributed by atoms with van der Waals surface area (Å²) in [5, 5.41) is 5.45. The molecule has 0 spiro atoms. The second kappa shape index (κ2) is 8.48. The highest BCUT2D eigenvalue weighted by atomic mass is 79.9. The number of urea groups is 1. The number of Topliss-reactive ketones (excluding diaryl/α,β-unsaturated/α-hetero) is 1. The third-order valence-electron chi connectivity index (χ3n) is 4.46. The predicted octanol–water partition coefficient (Wildman–Crippen LogP) is 4.25. The number of ether oxygens (including phenoxy) is 2. The fourth-order valence-corrected chi connectivity index (χ4v) is 3.76. The first-order valence-corrected chi connectivity index (χ1v) is 9.53. The van der Waals surface area contributed by atoms with Gasteiger partial charge in [0.25, 0.3) is 0 Å². The summed E-state index contributed by atoms with van der Waals surface area (Å²) in [6.45, 7) is 3.58. The minimum Gasteiger partial charge on any atom is -0.493 e. The maximum atomic E-state index is 12.1. The summed E-state index contributed by atoms with van der Waals surface area (Å²) in [5.41, 5.74) is 2.80. The van der Waals surface area contributed by atoms with E-state index in [1.165, 1.54) is 6.92 Å². The lowest BCUT2D eigenvalue weighted by molar-refractivity contribution is -0.114. The summed E-state index contributed by atoms with van der Waals surface area (Å²) in [7, 11) is 1.55. The van der Waals surface area contributed by atoms with Crippen molar-refractivity contribution in [3.05, 3.63) is 69.3 Å². The number of carbonyl (C=O) groups excluding carboxylic acids is 2. The van der Waals surface area contributed by atoms with E-state index in [2.05, 4.69) is 26.6 Å². The molecule has 2 amide bonds. The van der Waals surface area contributed by atoms with Crippen LogP contribution >= 0.6 is 15.9 Å². The van der Waals surface area contributed by atoms with Crippen molar-refractivity contribution < 1.29 is 19.1 Å². The topological polar surface area (TPSA) is 76.7 Å². The van der Waals surface area contributed by atoms with E-state index in [-0.39, 0.29) is 11.8 Å². The van der Waals surface area contributed by atoms with Gasteiger partial charge in [-0.15, -0.1) is 0 Å². The van der Waals surface area contributed by atoms with Gasteiger partial charge in [-0.2, -0.15) is 0 Å². The van der Waals surface area contributed by atoms with Gasteiger partial charge in [0.05, 0.1) is 17.6 Å². The third kappa shape index (κ3) is 4.20. The molecule has 2 aromatic carbocycles. The van der Waals surface area contributed by atoms with Crippen LogP contribution in [-0.2, 0) is 11.4 Å². The first kappa shape index (κ1) is 19.9. The van der Waals surface area contributed by atoms with Crippen LogP contribution in [-0.4, -0.2) is 18.9 Å². The molecule has 28 heavy (non-hydrogen) atoms. The van der Waals surface area contributed by atoms with Crippen LogP contribution in [0.15, 0.2) is 58.2 Å². The van der Waals surface area contributed by atoms with Crippen molar-refractivity contribution in [2.24, 2.45) is 0 Å². The van der Waals surface area contributed by atoms with E-state index in [9.17, 15) is 9.59 Å². The number of allylic oxidation sites excluding steroid dienone is 1. The Morgan fingerprint density at radius 3 is 2.57 bits per heavy atom. The second-order valence-corrected chi connectivity index (χ2v) is 7.29. The van der Waals surface area contributed by atoms with Gasteiger partial charge in [0.1, 0.15) is 6.61 Å². The van der Waals surface area contributed by atoms with Gasteiger partial charge in [0.15, 0.2) is 17.3 Å². The summed E-state index contributed by atoms with van der Waals surface area (Å²) in [5.74, 6) is 0.948. The van der Waals surface area contributed by atoms with Crippen molar-refractivity contribution in [1.29, 1.82) is 0 Å². The molecular formula is C21H21BrN2O4. The van der Waals surface area contributed by atoms with Crippen molar-refractivity contribution in [2.45, 2.75) is 26.5 Å². The molecule has 0 saturated heterocycles. The number of rotatable bonds is 6. The molecule has 1 aliphatic rings. The van der Waals surface area contributed by atoms with Crippen LogP contribution in [0.1, 0.15) is 31.0 Å². The Bertz CT molecular complexity index is 941. The van der Waals surface area contributed by atoms with E-state index in [1.54, 1.807) is 20.1 Å². The first-order chi connectivity index (χ1) is 13.4. The van der Waals surface area contributed by atoms with E-state index in [0.717, 1.165) is 11.1 Å². The Morgan fingerprint density at radius 1 is 1.21 bits per heavy atom. The summed E-state index contributed by atoms with van der Waals surface area (Å²) in [6, 6.07) is 12.5. The van der Waals surface area contributed by atoms with Crippen molar-refractivity contribution in [3.8, 4) is 11.5 Å². The van der Waals surface area contributed by atoms with Crippen LogP contribution in [0.3, 0.4) is 0 Å². The lowest BCUT2D eigenvalue weighted by atomic mass is 9.93. The standard InChI is InChI=1S/C21H21BrN2O4/c1-12-18(13(2)25)19(24-21(26)23-12)15-9-16(22)20(17(10-15)27-3)28-11-14-7-5-4-6-8-14/h4-10,19H,11H2,1-3H3,(H2,23,24,26). The minimum atomic E-state index is -0.570. The van der Waals surface area contributed by atoms with Gasteiger partial charge in [-0.3, -0.25) is 4.79 Å². The van der Waals surface area contributed by atoms with Gasteiger partial charge in [0, 0.05) is 11.3 Å². The molecule has 0 saturated carbocycles. The zero-order valence-electron chi connectivity index (χ0n) is 15.8. The fraction of sp³-hybridized carbons (Fsp3) is 0.238. The van der Waals surface area contributed by atoms with E-state index in [1.807, 2.05) is 36.4 Å². The summed E-state index contributed by atoms with van der Waals surface area (Å²) in [4.78, 5) is 24.1. The quantitative estimate of drug-likeness (QED) is 0.697. The van der Waals surface area contributed by atoms with Crippen LogP contribution in [0.4, 0.5) is 4.79 Å². The molecule has 7 heteroatoms. The lowest BCUT2D eigenvalue weighted by Crippen LogP contribution is -2.44. The van der Waals surface area contributed by atoms with E-state index < -0.39 is 6.04 Å². The van der Waals surface area contributed by atoms with Crippen LogP contribution in [0, 0.1) is 0 Å². The molecule has 3 rings (SSSR count). The molecular weight excluding hydrogens is 424 g/mol. The van der Waals surface area contributed by atoms with E-state index in [4.69, 9.17) is 9.47 Å². The number of methoxy groups -OCH3 is 1. The Kier molecular flexibility index (Phi) is 6.04. The highest BCUT2D eigenvalue weighted by molar-refractivity contribution is 9.10. The van der Waals surface area contributed by atoms with Gasteiger partial charge in [-0.25, -0.2) is 4.79 Å². The average Bonchev–Trinajstić information content (AvgIpc) is 2.66. The van der Waals surface area contributed by atoms with Crippen LogP contribution in [0.25, 0.3) is 0 Å². The minimum absolute atomic E-state index is 0.116. The molecule has 6 nitrogen and oxygen atoms in total. The molecule has 1 heterocycles.